The second kappa shape index (κ2) is 8.43. The number of aromatic nitrogens is 3. The first-order valence-corrected chi connectivity index (χ1v) is 11.0. The van der Waals surface area contributed by atoms with E-state index in [1.807, 2.05) is 0 Å². The number of hydrogen-bond donors (Lipinski definition) is 1. The number of ether oxygens (including phenoxy) is 2. The molecule has 1 aliphatic rings. The SMILES string of the molecule is COc1ccc(C(=O)Nc2cccc(OCc3cc(=O)n4nc(C5CC5)sc4n3)c2)cc1. The second-order valence-corrected chi connectivity index (χ2v) is 8.48. The van der Waals surface area contributed by atoms with Crippen molar-refractivity contribution in [1.82, 2.24) is 14.6 Å². The van der Waals surface area contributed by atoms with E-state index in [1.165, 1.54) is 21.9 Å². The van der Waals surface area contributed by atoms with Gasteiger partial charge in [0.15, 0.2) is 0 Å². The van der Waals surface area contributed by atoms with Gasteiger partial charge in [-0.1, -0.05) is 17.4 Å². The molecule has 2 aromatic carbocycles. The Balaban J connectivity index is 1.26. The molecule has 4 aromatic rings. The van der Waals surface area contributed by atoms with Crippen molar-refractivity contribution in [3.8, 4) is 11.5 Å². The van der Waals surface area contributed by atoms with E-state index < -0.39 is 0 Å². The van der Waals surface area contributed by atoms with Crippen LogP contribution in [0.25, 0.3) is 4.96 Å². The molecule has 0 atom stereocenters. The quantitative estimate of drug-likeness (QED) is 0.461. The zero-order valence-electron chi connectivity index (χ0n) is 17.3. The smallest absolute Gasteiger partial charge is 0.275 e. The maximum absolute atomic E-state index is 12.5. The number of carbonyl (C=O) groups excluding carboxylic acids is 1. The third-order valence-electron chi connectivity index (χ3n) is 5.07. The predicted octanol–water partition coefficient (Wildman–Crippen LogP) is 3.87. The minimum atomic E-state index is -0.235. The van der Waals surface area contributed by atoms with Gasteiger partial charge in [-0.2, -0.15) is 9.61 Å². The lowest BCUT2D eigenvalue weighted by molar-refractivity contribution is 0.102. The Labute approximate surface area is 187 Å². The summed E-state index contributed by atoms with van der Waals surface area (Å²) >= 11 is 1.46. The lowest BCUT2D eigenvalue weighted by atomic mass is 10.2. The Morgan fingerprint density at radius 2 is 1.97 bits per heavy atom. The van der Waals surface area contributed by atoms with E-state index in [9.17, 15) is 9.59 Å². The number of amides is 1. The molecule has 0 bridgehead atoms. The molecular formula is C23H20N4O4S. The molecule has 0 unspecified atom stereocenters. The van der Waals surface area contributed by atoms with Gasteiger partial charge in [0.1, 0.15) is 23.1 Å². The van der Waals surface area contributed by atoms with Crippen LogP contribution in [0.1, 0.15) is 39.8 Å². The topological polar surface area (TPSA) is 94.8 Å². The number of methoxy groups -OCH3 is 1. The van der Waals surface area contributed by atoms with Crippen molar-refractivity contribution in [1.29, 1.82) is 0 Å². The second-order valence-electron chi connectivity index (χ2n) is 7.49. The summed E-state index contributed by atoms with van der Waals surface area (Å²) in [6, 6.07) is 15.4. The average molecular weight is 449 g/mol. The first-order valence-electron chi connectivity index (χ1n) is 10.2. The fraction of sp³-hybridized carbons (Fsp3) is 0.217. The molecular weight excluding hydrogens is 428 g/mol. The zero-order valence-corrected chi connectivity index (χ0v) is 18.1. The molecule has 1 N–H and O–H groups in total. The number of nitrogens with zero attached hydrogens (tertiary/aromatic N) is 3. The average Bonchev–Trinajstić information content (AvgIpc) is 3.57. The summed E-state index contributed by atoms with van der Waals surface area (Å²) in [5, 5.41) is 8.20. The van der Waals surface area contributed by atoms with Crippen molar-refractivity contribution in [2.24, 2.45) is 0 Å². The molecule has 0 spiro atoms. The van der Waals surface area contributed by atoms with Gasteiger partial charge in [0, 0.05) is 29.3 Å². The van der Waals surface area contributed by atoms with Crippen LogP contribution in [0, 0.1) is 0 Å². The standard InChI is InChI=1S/C23H20N4O4S/c1-30-18-9-7-14(8-10-18)21(29)24-16-3-2-4-19(11-16)31-13-17-12-20(28)27-23(25-17)32-22(26-27)15-5-6-15/h2-4,7-12,15H,5-6,13H2,1H3,(H,24,29). The van der Waals surface area contributed by atoms with Crippen LogP contribution in [0.5, 0.6) is 11.5 Å². The molecule has 0 radical (unpaired) electrons. The summed E-state index contributed by atoms with van der Waals surface area (Å²) in [4.78, 5) is 30.0. The lowest BCUT2D eigenvalue weighted by Crippen LogP contribution is -2.16. The van der Waals surface area contributed by atoms with Gasteiger partial charge in [0.2, 0.25) is 4.96 Å². The summed E-state index contributed by atoms with van der Waals surface area (Å²) in [5.74, 6) is 1.48. The molecule has 1 fully saturated rings. The Bertz CT molecular complexity index is 1340. The Morgan fingerprint density at radius 3 is 2.72 bits per heavy atom. The van der Waals surface area contributed by atoms with E-state index in [-0.39, 0.29) is 18.1 Å². The molecule has 8 nitrogen and oxygen atoms in total. The highest BCUT2D eigenvalue weighted by Gasteiger charge is 2.28. The Morgan fingerprint density at radius 1 is 1.16 bits per heavy atom. The van der Waals surface area contributed by atoms with E-state index in [0.29, 0.717) is 39.3 Å². The van der Waals surface area contributed by atoms with Crippen LogP contribution in [-0.2, 0) is 6.61 Å². The highest BCUT2D eigenvalue weighted by molar-refractivity contribution is 7.16. The van der Waals surface area contributed by atoms with Crippen LogP contribution in [0.2, 0.25) is 0 Å². The summed E-state index contributed by atoms with van der Waals surface area (Å²) in [5.41, 5.74) is 1.44. The fourth-order valence-corrected chi connectivity index (χ4v) is 4.30. The summed E-state index contributed by atoms with van der Waals surface area (Å²) in [6.45, 7) is 0.137. The number of hydrogen-bond acceptors (Lipinski definition) is 7. The molecule has 2 heterocycles. The fourth-order valence-electron chi connectivity index (χ4n) is 3.21. The van der Waals surface area contributed by atoms with Gasteiger partial charge in [-0.3, -0.25) is 9.59 Å². The monoisotopic (exact) mass is 448 g/mol. The van der Waals surface area contributed by atoms with Crippen LogP contribution < -0.4 is 20.3 Å². The Kier molecular flexibility index (Phi) is 5.32. The normalized spacial score (nSPS) is 13.2. The maximum Gasteiger partial charge on any atom is 0.275 e. The van der Waals surface area contributed by atoms with Crippen molar-refractivity contribution in [2.45, 2.75) is 25.4 Å². The van der Waals surface area contributed by atoms with Crippen LogP contribution in [0.15, 0.2) is 59.4 Å². The van der Waals surface area contributed by atoms with Gasteiger partial charge in [-0.05, 0) is 49.2 Å². The molecule has 9 heteroatoms. The highest BCUT2D eigenvalue weighted by Crippen LogP contribution is 2.41. The maximum atomic E-state index is 12.5. The molecule has 1 saturated carbocycles. The molecule has 0 saturated heterocycles. The largest absolute Gasteiger partial charge is 0.497 e. The van der Waals surface area contributed by atoms with Gasteiger partial charge in [-0.25, -0.2) is 4.98 Å². The third kappa shape index (κ3) is 4.33. The summed E-state index contributed by atoms with van der Waals surface area (Å²) in [6.07, 6.45) is 2.24. The van der Waals surface area contributed by atoms with E-state index in [4.69, 9.17) is 9.47 Å². The summed E-state index contributed by atoms with van der Waals surface area (Å²) in [7, 11) is 1.58. The number of rotatable bonds is 7. The van der Waals surface area contributed by atoms with Crippen LogP contribution in [0.3, 0.4) is 0 Å². The highest BCUT2D eigenvalue weighted by atomic mass is 32.1. The third-order valence-corrected chi connectivity index (χ3v) is 6.14. The minimum Gasteiger partial charge on any atom is -0.497 e. The van der Waals surface area contributed by atoms with Gasteiger partial charge in [0.25, 0.3) is 11.5 Å². The number of anilines is 1. The first-order chi connectivity index (χ1) is 15.6. The van der Waals surface area contributed by atoms with Gasteiger partial charge >= 0.3 is 0 Å². The number of carbonyl (C=O) groups is 1. The van der Waals surface area contributed by atoms with Gasteiger partial charge in [-0.15, -0.1) is 0 Å². The molecule has 5 rings (SSSR count). The van der Waals surface area contributed by atoms with Crippen LogP contribution >= 0.6 is 11.3 Å². The van der Waals surface area contributed by atoms with Gasteiger partial charge in [0.05, 0.1) is 12.8 Å². The number of benzene rings is 2. The lowest BCUT2D eigenvalue weighted by Gasteiger charge is -2.09. The zero-order chi connectivity index (χ0) is 22.1. The van der Waals surface area contributed by atoms with Crippen LogP contribution in [0.4, 0.5) is 5.69 Å². The minimum absolute atomic E-state index is 0.137. The van der Waals surface area contributed by atoms with Gasteiger partial charge < -0.3 is 14.8 Å². The molecule has 162 valence electrons. The van der Waals surface area contributed by atoms with Crippen LogP contribution in [-0.4, -0.2) is 27.6 Å². The summed E-state index contributed by atoms with van der Waals surface area (Å²) < 4.78 is 12.3. The molecule has 0 aliphatic heterocycles. The predicted molar refractivity (Wildman–Crippen MR) is 121 cm³/mol. The first kappa shape index (κ1) is 20.2. The van der Waals surface area contributed by atoms with Crippen molar-refractivity contribution in [2.75, 3.05) is 12.4 Å². The van der Waals surface area contributed by atoms with E-state index >= 15 is 0 Å². The van der Waals surface area contributed by atoms with E-state index in [2.05, 4.69) is 15.4 Å². The molecule has 2 aromatic heterocycles. The molecule has 1 amide bonds. The molecule has 1 aliphatic carbocycles. The number of nitrogens with one attached hydrogen (secondary N) is 1. The van der Waals surface area contributed by atoms with Crippen molar-refractivity contribution >= 4 is 27.9 Å². The van der Waals surface area contributed by atoms with Crippen molar-refractivity contribution < 1.29 is 14.3 Å². The Hall–Kier alpha value is -3.72. The van der Waals surface area contributed by atoms with E-state index in [1.54, 1.807) is 55.6 Å². The molecule has 32 heavy (non-hydrogen) atoms. The van der Waals surface area contributed by atoms with E-state index in [0.717, 1.165) is 17.8 Å². The number of fused-ring (bicyclic) bond motifs is 1. The van der Waals surface area contributed by atoms with Crippen molar-refractivity contribution in [3.05, 3.63) is 81.2 Å². The van der Waals surface area contributed by atoms with Crippen molar-refractivity contribution in [3.63, 3.8) is 0 Å².